The number of carbonyl (C=O) groups excluding carboxylic acids is 2. The number of hydrogen-bond donors (Lipinski definition) is 2. The van der Waals surface area contributed by atoms with Gasteiger partial charge in [-0.15, -0.1) is 0 Å². The molecule has 8 nitrogen and oxygen atoms in total. The number of carbonyl (C=O) groups is 2. The van der Waals surface area contributed by atoms with Crippen molar-refractivity contribution in [1.29, 1.82) is 0 Å². The van der Waals surface area contributed by atoms with E-state index >= 15 is 0 Å². The highest BCUT2D eigenvalue weighted by Crippen LogP contribution is 2.56. The van der Waals surface area contributed by atoms with E-state index in [1.807, 2.05) is 24.3 Å². The summed E-state index contributed by atoms with van der Waals surface area (Å²) in [7, 11) is -5.09. The Labute approximate surface area is 206 Å². The Morgan fingerprint density at radius 1 is 1.09 bits per heavy atom. The Balaban J connectivity index is 1.88. The Kier molecular flexibility index (Phi) is 9.11. The molecule has 0 spiro atoms. The molecule has 3 unspecified atom stereocenters. The van der Waals surface area contributed by atoms with Crippen LogP contribution in [-0.2, 0) is 23.4 Å². The first kappa shape index (κ1) is 27.3. The average Bonchev–Trinajstić information content (AvgIpc) is 2.87. The lowest BCUT2D eigenvalue weighted by Gasteiger charge is -2.30. The highest BCUT2D eigenvalue weighted by atomic mass is 31.2. The number of benzene rings is 2. The largest absolute Gasteiger partial charge is 0.463 e. The molecule has 0 fully saturated rings. The van der Waals surface area contributed by atoms with E-state index in [1.165, 1.54) is 0 Å². The van der Waals surface area contributed by atoms with Crippen molar-refractivity contribution in [3.05, 3.63) is 48.5 Å². The van der Waals surface area contributed by atoms with Crippen LogP contribution in [0.25, 0.3) is 11.1 Å². The molecule has 0 radical (unpaired) electrons. The van der Waals surface area contributed by atoms with Gasteiger partial charge >= 0.3 is 11.9 Å². The quantitative estimate of drug-likeness (QED) is 0.332. The van der Waals surface area contributed by atoms with Crippen LogP contribution in [0, 0.1) is 5.92 Å². The maximum Gasteiger partial charge on any atom is 0.312 e. The minimum absolute atomic E-state index is 0.206. The first-order chi connectivity index (χ1) is 16.6. The number of ether oxygens (including phenoxy) is 1. The fraction of sp³-hybridized carbons (Fsp3) is 0.440. The second kappa shape index (κ2) is 11.7. The highest BCUT2D eigenvalue weighted by Gasteiger charge is 2.41. The van der Waals surface area contributed by atoms with Crippen LogP contribution in [0.1, 0.15) is 33.1 Å². The molecule has 190 valence electrons. The molecular formula is C25H32O8P2. The molecule has 3 atom stereocenters. The summed E-state index contributed by atoms with van der Waals surface area (Å²) in [5.41, 5.74) is 0.391. The Bertz CT molecular complexity index is 1100. The van der Waals surface area contributed by atoms with Gasteiger partial charge in [0.25, 0.3) is 7.37 Å². The van der Waals surface area contributed by atoms with Crippen molar-refractivity contribution in [2.75, 3.05) is 25.8 Å². The van der Waals surface area contributed by atoms with Crippen molar-refractivity contribution >= 4 is 32.8 Å². The first-order valence-electron chi connectivity index (χ1n) is 11.5. The third kappa shape index (κ3) is 6.50. The molecule has 1 aliphatic heterocycles. The molecule has 0 saturated carbocycles. The maximum atomic E-state index is 14.2. The molecule has 1 heterocycles. The van der Waals surface area contributed by atoms with E-state index in [9.17, 15) is 24.4 Å². The number of para-hydroxylation sites is 1. The molecule has 2 aromatic rings. The van der Waals surface area contributed by atoms with Crippen molar-refractivity contribution in [3.8, 4) is 16.9 Å². The van der Waals surface area contributed by atoms with E-state index < -0.39 is 45.4 Å². The second-order valence-corrected chi connectivity index (χ2v) is 12.7. The highest BCUT2D eigenvalue weighted by molar-refractivity contribution is 7.67. The molecule has 0 aromatic heterocycles. The van der Waals surface area contributed by atoms with Gasteiger partial charge in [-0.3, -0.25) is 14.2 Å². The monoisotopic (exact) mass is 522 g/mol. The van der Waals surface area contributed by atoms with Gasteiger partial charge in [0.1, 0.15) is 20.5 Å². The lowest BCUT2D eigenvalue weighted by atomic mass is 9.99. The van der Waals surface area contributed by atoms with Gasteiger partial charge in [-0.05, 0) is 37.2 Å². The normalized spacial score (nSPS) is 18.4. The van der Waals surface area contributed by atoms with E-state index in [2.05, 4.69) is 0 Å². The van der Waals surface area contributed by atoms with Crippen molar-refractivity contribution in [3.63, 3.8) is 0 Å². The molecule has 0 saturated heterocycles. The van der Waals surface area contributed by atoms with Crippen LogP contribution < -0.4 is 9.83 Å². The molecule has 10 heteroatoms. The van der Waals surface area contributed by atoms with Gasteiger partial charge in [0.15, 0.2) is 0 Å². The summed E-state index contributed by atoms with van der Waals surface area (Å²) in [6.07, 6.45) is -0.195. The molecule has 0 aliphatic carbocycles. The lowest BCUT2D eigenvalue weighted by Crippen LogP contribution is -2.35. The fourth-order valence-corrected chi connectivity index (χ4v) is 6.90. The number of fused-ring (bicyclic) bond motifs is 3. The summed E-state index contributed by atoms with van der Waals surface area (Å²) >= 11 is 0. The van der Waals surface area contributed by atoms with E-state index in [4.69, 9.17) is 13.8 Å². The zero-order chi connectivity index (χ0) is 25.6. The summed E-state index contributed by atoms with van der Waals surface area (Å²) < 4.78 is 30.8. The predicted molar refractivity (Wildman–Crippen MR) is 135 cm³/mol. The minimum Gasteiger partial charge on any atom is -0.463 e. The third-order valence-corrected chi connectivity index (χ3v) is 9.59. The average molecular weight is 522 g/mol. The van der Waals surface area contributed by atoms with Crippen LogP contribution in [-0.4, -0.2) is 53.5 Å². The molecule has 0 bridgehead atoms. The summed E-state index contributed by atoms with van der Waals surface area (Å²) in [5, 5.41) is 20.2. The van der Waals surface area contributed by atoms with Gasteiger partial charge in [0.2, 0.25) is 0 Å². The number of rotatable bonds is 11. The topological polar surface area (TPSA) is 119 Å². The molecule has 35 heavy (non-hydrogen) atoms. The predicted octanol–water partition coefficient (Wildman–Crippen LogP) is 4.27. The van der Waals surface area contributed by atoms with Gasteiger partial charge < -0.3 is 24.0 Å². The van der Waals surface area contributed by atoms with E-state index in [0.29, 0.717) is 23.9 Å². The summed E-state index contributed by atoms with van der Waals surface area (Å²) in [5.74, 6) is -2.15. The molecule has 2 N–H and O–H groups in total. The van der Waals surface area contributed by atoms with Gasteiger partial charge in [0, 0.05) is 5.56 Å². The summed E-state index contributed by atoms with van der Waals surface area (Å²) in [4.78, 5) is 25.7. The van der Waals surface area contributed by atoms with Gasteiger partial charge in [-0.25, -0.2) is 0 Å². The van der Waals surface area contributed by atoms with Crippen LogP contribution in [0.2, 0.25) is 0 Å². The van der Waals surface area contributed by atoms with Gasteiger partial charge in [-0.2, -0.15) is 0 Å². The minimum atomic E-state index is -3.63. The fourth-order valence-electron chi connectivity index (χ4n) is 3.81. The third-order valence-electron chi connectivity index (χ3n) is 6.16. The maximum absolute atomic E-state index is 14.2. The number of aliphatic hydroxyl groups is 2. The molecule has 2 aromatic carbocycles. The van der Waals surface area contributed by atoms with Crippen molar-refractivity contribution < 1.29 is 38.2 Å². The Morgan fingerprint density at radius 3 is 2.37 bits per heavy atom. The second-order valence-electron chi connectivity index (χ2n) is 8.63. The van der Waals surface area contributed by atoms with Crippen molar-refractivity contribution in [1.82, 2.24) is 0 Å². The van der Waals surface area contributed by atoms with Crippen LogP contribution in [0.15, 0.2) is 48.5 Å². The standard InChI is InChI=1S/C25H32O8P2/c1-4-25(29,5-2)16-31-23(27)14-18(24(28)32-34(3)17-26)15-35(30)22-13-9-7-11-20(22)19-10-6-8-12-21(19)33-35/h6-13,18,26,29H,4-5,14-17H2,1-3H3. The van der Waals surface area contributed by atoms with Gasteiger partial charge in [0.05, 0.1) is 35.8 Å². The molecule has 3 rings (SSSR count). The van der Waals surface area contributed by atoms with Gasteiger partial charge in [-0.1, -0.05) is 50.2 Å². The molecular weight excluding hydrogens is 490 g/mol. The number of hydrogen-bond acceptors (Lipinski definition) is 8. The lowest BCUT2D eigenvalue weighted by molar-refractivity contribution is -0.155. The number of aliphatic hydroxyl groups excluding tert-OH is 1. The van der Waals surface area contributed by atoms with Crippen LogP contribution >= 0.6 is 15.5 Å². The zero-order valence-corrected chi connectivity index (χ0v) is 22.0. The van der Waals surface area contributed by atoms with Crippen LogP contribution in [0.3, 0.4) is 0 Å². The first-order valence-corrected chi connectivity index (χ1v) is 15.2. The van der Waals surface area contributed by atoms with E-state index in [0.717, 1.165) is 11.1 Å². The molecule has 0 amide bonds. The smallest absolute Gasteiger partial charge is 0.312 e. The van der Waals surface area contributed by atoms with Crippen LogP contribution in [0.4, 0.5) is 0 Å². The van der Waals surface area contributed by atoms with E-state index in [-0.39, 0.29) is 19.1 Å². The Morgan fingerprint density at radius 2 is 1.71 bits per heavy atom. The number of esters is 1. The zero-order valence-electron chi connectivity index (χ0n) is 20.2. The Hall–Kier alpha value is -2.24. The van der Waals surface area contributed by atoms with Crippen molar-refractivity contribution in [2.24, 2.45) is 5.92 Å². The summed E-state index contributed by atoms with van der Waals surface area (Å²) in [6.45, 7) is 4.95. The molecule has 1 aliphatic rings. The SMILES string of the molecule is CCC(O)(CC)COC(=O)CC(CP1(=O)Oc2ccccc2-c2ccccc21)C(=O)OP(C)CO. The summed E-state index contributed by atoms with van der Waals surface area (Å²) in [6, 6.07) is 14.3. The van der Waals surface area contributed by atoms with Crippen molar-refractivity contribution in [2.45, 2.75) is 38.7 Å². The van der Waals surface area contributed by atoms with E-state index in [1.54, 1.807) is 44.8 Å². The van der Waals surface area contributed by atoms with Crippen LogP contribution in [0.5, 0.6) is 5.75 Å².